The van der Waals surface area contributed by atoms with Crippen LogP contribution in [-0.2, 0) is 9.53 Å². The van der Waals surface area contributed by atoms with Gasteiger partial charge in [0.25, 0.3) is 0 Å². The van der Waals surface area contributed by atoms with Gasteiger partial charge in [0.15, 0.2) is 0 Å². The molecule has 0 saturated carbocycles. The monoisotopic (exact) mass is 614 g/mol. The molecule has 0 aromatic heterocycles. The van der Waals surface area contributed by atoms with Crippen molar-refractivity contribution in [3.8, 4) is 0 Å². The fourth-order valence-electron chi connectivity index (χ4n) is 5.84. The molecule has 0 fully saturated rings. The molecule has 0 amide bonds. The molecule has 1 atom stereocenters. The number of unbranched alkanes of at least 4 members (excludes halogenated alkanes) is 7. The minimum Gasteiger partial charge on any atom is -0.462 e. The van der Waals surface area contributed by atoms with Crippen LogP contribution in [-0.4, -0.2) is 37.6 Å². The van der Waals surface area contributed by atoms with E-state index in [0.717, 1.165) is 77.2 Å². The number of carbonyl (C=O) groups excluding carboxylic acids is 1. The molecule has 44 heavy (non-hydrogen) atoms. The maximum Gasteiger partial charge on any atom is 0.306 e. The average molecular weight is 614 g/mol. The Morgan fingerprint density at radius 3 is 1.55 bits per heavy atom. The van der Waals surface area contributed by atoms with Crippen LogP contribution >= 0.6 is 0 Å². The molecule has 3 heteroatoms. The fourth-order valence-corrected chi connectivity index (χ4v) is 5.84. The number of ether oxygens (including phenoxy) is 1. The Kier molecular flexibility index (Phi) is 31.6. The van der Waals surface area contributed by atoms with E-state index in [1.54, 1.807) is 0 Å². The minimum absolute atomic E-state index is 0.00800. The Hall–Kier alpha value is -1.61. The lowest BCUT2D eigenvalue weighted by Crippen LogP contribution is -2.30. The topological polar surface area (TPSA) is 29.5 Å². The third kappa shape index (κ3) is 27.9. The quantitative estimate of drug-likeness (QED) is 0.0442. The Morgan fingerprint density at radius 1 is 0.591 bits per heavy atom. The van der Waals surface area contributed by atoms with Gasteiger partial charge in [-0.2, -0.15) is 0 Å². The molecule has 0 bridgehead atoms. The van der Waals surface area contributed by atoms with Crippen LogP contribution in [0.15, 0.2) is 48.6 Å². The Bertz CT molecular complexity index is 693. The summed E-state index contributed by atoms with van der Waals surface area (Å²) in [6, 6.07) is 0. The van der Waals surface area contributed by atoms with Crippen molar-refractivity contribution < 1.29 is 9.53 Å². The van der Waals surface area contributed by atoms with Crippen LogP contribution in [0, 0.1) is 11.8 Å². The predicted molar refractivity (Wildman–Crippen MR) is 196 cm³/mol. The third-order valence-corrected chi connectivity index (χ3v) is 8.59. The first-order valence-electron chi connectivity index (χ1n) is 18.9. The van der Waals surface area contributed by atoms with E-state index in [4.69, 9.17) is 4.74 Å². The highest BCUT2D eigenvalue weighted by atomic mass is 16.5. The highest BCUT2D eigenvalue weighted by Crippen LogP contribution is 2.31. The molecule has 0 aliphatic rings. The molecule has 0 aromatic carbocycles. The summed E-state index contributed by atoms with van der Waals surface area (Å²) in [7, 11) is 4.20. The van der Waals surface area contributed by atoms with Crippen molar-refractivity contribution >= 4 is 5.97 Å². The molecule has 0 aliphatic heterocycles. The van der Waals surface area contributed by atoms with Crippen molar-refractivity contribution in [2.75, 3.05) is 20.6 Å². The van der Waals surface area contributed by atoms with Crippen LogP contribution < -0.4 is 0 Å². The first kappa shape index (κ1) is 42.4. The van der Waals surface area contributed by atoms with Gasteiger partial charge in [0, 0.05) is 6.42 Å². The van der Waals surface area contributed by atoms with Gasteiger partial charge in [-0.25, -0.2) is 0 Å². The molecular formula is C41H75NO2. The van der Waals surface area contributed by atoms with Crippen LogP contribution in [0.3, 0.4) is 0 Å². The molecule has 0 saturated heterocycles. The largest absolute Gasteiger partial charge is 0.462 e. The maximum atomic E-state index is 13.2. The number of carbonyl (C=O) groups is 1. The van der Waals surface area contributed by atoms with Gasteiger partial charge in [-0.3, -0.25) is 4.79 Å². The zero-order chi connectivity index (χ0) is 32.5. The number of rotatable bonds is 31. The zero-order valence-electron chi connectivity index (χ0n) is 30.4. The van der Waals surface area contributed by atoms with Crippen LogP contribution in [0.2, 0.25) is 0 Å². The summed E-state index contributed by atoms with van der Waals surface area (Å²) in [6.45, 7) is 9.97. The number of hydrogen-bond acceptors (Lipinski definition) is 3. The van der Waals surface area contributed by atoms with Gasteiger partial charge in [0.2, 0.25) is 0 Å². The SMILES string of the molecule is CC/C=C\CCC(CC/C=C\CC)CC(OC(=O)CCCCN(C)C)C(CC/C=C\CCCCC)CC/C=C\CCCCC. The van der Waals surface area contributed by atoms with Gasteiger partial charge >= 0.3 is 5.97 Å². The predicted octanol–water partition coefficient (Wildman–Crippen LogP) is 12.6. The summed E-state index contributed by atoms with van der Waals surface area (Å²) in [5.41, 5.74) is 0. The number of esters is 1. The summed E-state index contributed by atoms with van der Waals surface area (Å²) in [6.07, 6.45) is 43.6. The third-order valence-electron chi connectivity index (χ3n) is 8.59. The van der Waals surface area contributed by atoms with Crippen molar-refractivity contribution in [2.24, 2.45) is 11.8 Å². The molecule has 0 radical (unpaired) electrons. The maximum absolute atomic E-state index is 13.2. The standard InChI is InChI=1S/C41H75NO2/c1-7-11-15-19-21-23-27-33-39(34-28-24-22-20-16-12-8-2)40(44-41(43)35-29-30-36-42(5)6)37-38(31-25-17-13-9-3)32-26-18-14-10-4/h13-14,17-18,21-24,38-40H,7-12,15-16,19-20,25-37H2,1-6H3/b17-13-,18-14-,23-21-,24-22-. The van der Waals surface area contributed by atoms with Crippen molar-refractivity contribution in [1.82, 2.24) is 4.90 Å². The van der Waals surface area contributed by atoms with E-state index in [2.05, 4.69) is 95.3 Å². The molecule has 0 spiro atoms. The number of hydrogen-bond donors (Lipinski definition) is 0. The van der Waals surface area contributed by atoms with E-state index in [-0.39, 0.29) is 12.1 Å². The van der Waals surface area contributed by atoms with E-state index in [9.17, 15) is 4.79 Å². The van der Waals surface area contributed by atoms with E-state index in [1.165, 1.54) is 64.2 Å². The molecule has 0 heterocycles. The van der Waals surface area contributed by atoms with Crippen LogP contribution in [0.4, 0.5) is 0 Å². The highest BCUT2D eigenvalue weighted by molar-refractivity contribution is 5.69. The second-order valence-electron chi connectivity index (χ2n) is 13.2. The van der Waals surface area contributed by atoms with Gasteiger partial charge in [0.1, 0.15) is 6.10 Å². The molecule has 0 rings (SSSR count). The van der Waals surface area contributed by atoms with Gasteiger partial charge in [-0.05, 0) is 142 Å². The molecule has 0 N–H and O–H groups in total. The van der Waals surface area contributed by atoms with Crippen molar-refractivity contribution in [2.45, 2.75) is 175 Å². The average Bonchev–Trinajstić information content (AvgIpc) is 3.00. The van der Waals surface area contributed by atoms with Crippen LogP contribution in [0.25, 0.3) is 0 Å². The second-order valence-corrected chi connectivity index (χ2v) is 13.2. The molecular weight excluding hydrogens is 538 g/mol. The summed E-state index contributed by atoms with van der Waals surface area (Å²) < 4.78 is 6.49. The van der Waals surface area contributed by atoms with E-state index >= 15 is 0 Å². The number of allylic oxidation sites excluding steroid dienone is 8. The van der Waals surface area contributed by atoms with Crippen LogP contribution in [0.5, 0.6) is 0 Å². The van der Waals surface area contributed by atoms with Crippen molar-refractivity contribution in [1.29, 1.82) is 0 Å². The highest BCUT2D eigenvalue weighted by Gasteiger charge is 2.27. The summed E-state index contributed by atoms with van der Waals surface area (Å²) in [5, 5.41) is 0. The normalized spacial score (nSPS) is 13.3. The molecule has 0 aromatic rings. The lowest BCUT2D eigenvalue weighted by molar-refractivity contribution is -0.153. The second kappa shape index (κ2) is 32.8. The summed E-state index contributed by atoms with van der Waals surface area (Å²) in [5.74, 6) is 0.988. The van der Waals surface area contributed by atoms with E-state index < -0.39 is 0 Å². The minimum atomic E-state index is 0.00800. The number of nitrogens with zero attached hydrogens (tertiary/aromatic N) is 1. The van der Waals surface area contributed by atoms with E-state index in [0.29, 0.717) is 18.3 Å². The molecule has 256 valence electrons. The molecule has 0 aliphatic carbocycles. The van der Waals surface area contributed by atoms with Gasteiger partial charge in [-0.1, -0.05) is 102 Å². The first-order chi connectivity index (χ1) is 21.5. The molecule has 3 nitrogen and oxygen atoms in total. The van der Waals surface area contributed by atoms with Gasteiger partial charge in [-0.15, -0.1) is 0 Å². The van der Waals surface area contributed by atoms with Crippen LogP contribution in [0.1, 0.15) is 169 Å². The van der Waals surface area contributed by atoms with Gasteiger partial charge in [0.05, 0.1) is 0 Å². The Balaban J connectivity index is 5.76. The lowest BCUT2D eigenvalue weighted by Gasteiger charge is -2.30. The Morgan fingerprint density at radius 2 is 1.07 bits per heavy atom. The lowest BCUT2D eigenvalue weighted by atomic mass is 9.83. The first-order valence-corrected chi connectivity index (χ1v) is 18.9. The molecule has 1 unspecified atom stereocenters. The summed E-state index contributed by atoms with van der Waals surface area (Å²) >= 11 is 0. The zero-order valence-corrected chi connectivity index (χ0v) is 30.4. The van der Waals surface area contributed by atoms with Crippen molar-refractivity contribution in [3.05, 3.63) is 48.6 Å². The smallest absolute Gasteiger partial charge is 0.306 e. The Labute approximate surface area is 276 Å². The summed E-state index contributed by atoms with van der Waals surface area (Å²) in [4.78, 5) is 15.4. The fraction of sp³-hybridized carbons (Fsp3) is 0.780. The van der Waals surface area contributed by atoms with E-state index in [1.807, 2.05) is 0 Å². The van der Waals surface area contributed by atoms with Gasteiger partial charge < -0.3 is 9.64 Å². The van der Waals surface area contributed by atoms with Crippen molar-refractivity contribution in [3.63, 3.8) is 0 Å².